The van der Waals surface area contributed by atoms with Crippen LogP contribution < -0.4 is 5.23 Å². The number of thioether (sulfide) groups is 1. The van der Waals surface area contributed by atoms with E-state index in [1.807, 2.05) is 0 Å². The summed E-state index contributed by atoms with van der Waals surface area (Å²) in [6.45, 7) is -0.416. The molecule has 29 heavy (non-hydrogen) atoms. The molecule has 4 atom stereocenters. The molecule has 12 heteroatoms. The largest absolute Gasteiger partial charge is 0.394 e. The Labute approximate surface area is 168 Å². The van der Waals surface area contributed by atoms with Gasteiger partial charge in [-0.05, 0) is 17.7 Å². The molecule has 0 bridgehead atoms. The number of nitrogens with zero attached hydrogens (tertiary/aromatic N) is 5. The number of hydrogen-bond donors (Lipinski definition) is 5. The van der Waals surface area contributed by atoms with Crippen molar-refractivity contribution in [1.29, 1.82) is 0 Å². The second-order valence-corrected chi connectivity index (χ2v) is 7.44. The molecule has 154 valence electrons. The van der Waals surface area contributed by atoms with Crippen molar-refractivity contribution in [2.24, 2.45) is 0 Å². The smallest absolute Gasteiger partial charge is 0.166 e. The maximum absolute atomic E-state index is 10.3. The van der Waals surface area contributed by atoms with Gasteiger partial charge >= 0.3 is 0 Å². The van der Waals surface area contributed by atoms with E-state index in [0.717, 1.165) is 5.56 Å². The summed E-state index contributed by atoms with van der Waals surface area (Å²) in [5.74, 6) is 0.559. The maximum Gasteiger partial charge on any atom is 0.166 e. The van der Waals surface area contributed by atoms with Gasteiger partial charge in [0.2, 0.25) is 0 Å². The number of benzene rings is 1. The Kier molecular flexibility index (Phi) is 5.65. The average Bonchev–Trinajstić information content (AvgIpc) is 3.28. The second-order valence-electron chi connectivity index (χ2n) is 6.48. The number of rotatable bonds is 6. The van der Waals surface area contributed by atoms with Gasteiger partial charge in [-0.2, -0.15) is 0 Å². The molecule has 3 aromatic rings. The summed E-state index contributed by atoms with van der Waals surface area (Å²) in [7, 11) is 0. The summed E-state index contributed by atoms with van der Waals surface area (Å²) in [6, 6.07) is 6.67. The van der Waals surface area contributed by atoms with E-state index < -0.39 is 31.1 Å². The highest BCUT2D eigenvalue weighted by molar-refractivity contribution is 7.98. The van der Waals surface area contributed by atoms with Crippen molar-refractivity contribution >= 4 is 28.6 Å². The molecule has 1 aromatic carbocycles. The standard InChI is InChI=1S/C17H19N5O6S/c23-5-11-13(24)14(25)17(28-11)21-8-20-12-15(21)18-7-19-16(12)29-6-9-1-3-10(4-2-9)22(26)27/h1-4,7-8,11,13-14,17,23-27H,5-6H2. The van der Waals surface area contributed by atoms with Crippen LogP contribution in [0.15, 0.2) is 41.9 Å². The maximum atomic E-state index is 10.3. The van der Waals surface area contributed by atoms with Crippen LogP contribution in [0.5, 0.6) is 0 Å². The molecule has 1 fully saturated rings. The summed E-state index contributed by atoms with van der Waals surface area (Å²) in [5, 5.41) is 48.2. The average molecular weight is 421 g/mol. The van der Waals surface area contributed by atoms with Crippen molar-refractivity contribution in [2.45, 2.75) is 35.3 Å². The lowest BCUT2D eigenvalue weighted by Gasteiger charge is -2.16. The fraction of sp³-hybridized carbons (Fsp3) is 0.353. The second kappa shape index (κ2) is 8.20. The third-order valence-corrected chi connectivity index (χ3v) is 5.71. The monoisotopic (exact) mass is 421 g/mol. The number of aliphatic hydroxyl groups excluding tert-OH is 3. The topological polar surface area (TPSA) is 157 Å². The zero-order valence-corrected chi connectivity index (χ0v) is 15.8. The van der Waals surface area contributed by atoms with Gasteiger partial charge < -0.3 is 20.1 Å². The highest BCUT2D eigenvalue weighted by Crippen LogP contribution is 2.33. The van der Waals surface area contributed by atoms with Gasteiger partial charge in [0.1, 0.15) is 35.2 Å². The van der Waals surface area contributed by atoms with Crippen molar-refractivity contribution in [3.05, 3.63) is 42.5 Å². The third kappa shape index (κ3) is 3.79. The fourth-order valence-electron chi connectivity index (χ4n) is 3.11. The predicted octanol–water partition coefficient (Wildman–Crippen LogP) is 0.315. The Morgan fingerprint density at radius 3 is 2.48 bits per heavy atom. The Bertz CT molecular complexity index is 984. The quantitative estimate of drug-likeness (QED) is 0.212. The van der Waals surface area contributed by atoms with Crippen LogP contribution in [0.1, 0.15) is 11.8 Å². The first-order chi connectivity index (χ1) is 14.0. The molecule has 1 aliphatic heterocycles. The van der Waals surface area contributed by atoms with Crippen LogP contribution >= 0.6 is 11.8 Å². The van der Waals surface area contributed by atoms with Gasteiger partial charge in [-0.25, -0.2) is 15.0 Å². The molecule has 4 rings (SSSR count). The zero-order valence-electron chi connectivity index (χ0n) is 15.0. The molecule has 1 aliphatic rings. The first-order valence-corrected chi connectivity index (χ1v) is 9.67. The molecule has 3 heterocycles. The molecule has 5 N–H and O–H groups in total. The number of fused-ring (bicyclic) bond motifs is 1. The molecular formula is C17H19N5O6S. The van der Waals surface area contributed by atoms with Crippen molar-refractivity contribution in [3.8, 4) is 0 Å². The predicted molar refractivity (Wildman–Crippen MR) is 100 cm³/mol. The SMILES string of the molecule is OCC1OC(n2cnc3c(SCc4ccc(N(O)O)cc4)ncnc32)C(O)C1O. The first kappa shape index (κ1) is 20.0. The van der Waals surface area contributed by atoms with Crippen LogP contribution in [0.3, 0.4) is 0 Å². The van der Waals surface area contributed by atoms with Crippen molar-refractivity contribution in [1.82, 2.24) is 19.5 Å². The molecule has 0 amide bonds. The molecule has 0 saturated carbocycles. The van der Waals surface area contributed by atoms with Gasteiger partial charge in [0.15, 0.2) is 11.9 Å². The number of aromatic nitrogens is 4. The Hall–Kier alpha value is -2.32. The number of aliphatic hydroxyl groups is 3. The van der Waals surface area contributed by atoms with Crippen molar-refractivity contribution in [3.63, 3.8) is 0 Å². The summed E-state index contributed by atoms with van der Waals surface area (Å²) >= 11 is 1.42. The highest BCUT2D eigenvalue weighted by atomic mass is 32.2. The van der Waals surface area contributed by atoms with Gasteiger partial charge in [0.05, 0.1) is 18.6 Å². The Morgan fingerprint density at radius 2 is 1.83 bits per heavy atom. The molecule has 0 aliphatic carbocycles. The van der Waals surface area contributed by atoms with Crippen molar-refractivity contribution in [2.75, 3.05) is 11.8 Å². The number of ether oxygens (including phenoxy) is 1. The number of imidazole rings is 1. The lowest BCUT2D eigenvalue weighted by atomic mass is 10.1. The molecule has 0 spiro atoms. The minimum absolute atomic E-state index is 0.0509. The van der Waals surface area contributed by atoms with E-state index in [1.54, 1.807) is 24.3 Å². The summed E-state index contributed by atoms with van der Waals surface area (Å²) in [5.41, 5.74) is 2.14. The molecule has 11 nitrogen and oxygen atoms in total. The van der Waals surface area contributed by atoms with Gasteiger partial charge in [-0.1, -0.05) is 23.9 Å². The van der Waals surface area contributed by atoms with E-state index in [-0.39, 0.29) is 10.9 Å². The lowest BCUT2D eigenvalue weighted by Crippen LogP contribution is -2.33. The van der Waals surface area contributed by atoms with E-state index in [9.17, 15) is 15.3 Å². The summed E-state index contributed by atoms with van der Waals surface area (Å²) in [4.78, 5) is 12.8. The minimum Gasteiger partial charge on any atom is -0.394 e. The van der Waals surface area contributed by atoms with Gasteiger partial charge in [0, 0.05) is 5.75 Å². The highest BCUT2D eigenvalue weighted by Gasteiger charge is 2.44. The van der Waals surface area contributed by atoms with Gasteiger partial charge in [-0.3, -0.25) is 15.0 Å². The van der Waals surface area contributed by atoms with Crippen LogP contribution in [-0.2, 0) is 10.5 Å². The van der Waals surface area contributed by atoms with E-state index in [4.69, 9.17) is 15.2 Å². The summed E-state index contributed by atoms with van der Waals surface area (Å²) in [6.07, 6.45) is -1.42. The Morgan fingerprint density at radius 1 is 1.07 bits per heavy atom. The zero-order chi connectivity index (χ0) is 20.5. The number of anilines is 1. The fourth-order valence-corrected chi connectivity index (χ4v) is 4.01. The van der Waals surface area contributed by atoms with E-state index in [0.29, 0.717) is 21.9 Å². The van der Waals surface area contributed by atoms with Crippen LogP contribution in [0.25, 0.3) is 11.2 Å². The van der Waals surface area contributed by atoms with Crippen LogP contribution in [0.4, 0.5) is 5.69 Å². The van der Waals surface area contributed by atoms with Gasteiger partial charge in [0.25, 0.3) is 0 Å². The van der Waals surface area contributed by atoms with Crippen molar-refractivity contribution < 1.29 is 30.5 Å². The Balaban J connectivity index is 1.55. The van der Waals surface area contributed by atoms with Crippen LogP contribution in [-0.4, -0.2) is 70.2 Å². The normalized spacial score (nSPS) is 24.3. The molecular weight excluding hydrogens is 402 g/mol. The van der Waals surface area contributed by atoms with E-state index in [1.165, 1.54) is 29.0 Å². The first-order valence-electron chi connectivity index (χ1n) is 8.69. The summed E-state index contributed by atoms with van der Waals surface area (Å²) < 4.78 is 7.06. The molecule has 4 unspecified atom stereocenters. The lowest BCUT2D eigenvalue weighted by molar-refractivity contribution is -0.0511. The third-order valence-electron chi connectivity index (χ3n) is 4.66. The minimum atomic E-state index is -1.23. The van der Waals surface area contributed by atoms with Gasteiger partial charge in [-0.15, -0.1) is 5.23 Å². The van der Waals surface area contributed by atoms with E-state index in [2.05, 4.69) is 15.0 Å². The van der Waals surface area contributed by atoms with E-state index >= 15 is 0 Å². The molecule has 2 aromatic heterocycles. The molecule has 1 saturated heterocycles. The molecule has 0 radical (unpaired) electrons. The van der Waals surface area contributed by atoms with Crippen LogP contribution in [0.2, 0.25) is 0 Å². The van der Waals surface area contributed by atoms with Crippen LogP contribution in [0, 0.1) is 0 Å². The number of hydrogen-bond acceptors (Lipinski definition) is 11.